The number of piperazine rings is 1. The van der Waals surface area contributed by atoms with Gasteiger partial charge in [-0.1, -0.05) is 6.07 Å². The molecule has 1 fully saturated rings. The third-order valence-corrected chi connectivity index (χ3v) is 5.06. The number of nitrogens with zero attached hydrogens (tertiary/aromatic N) is 5. The molecule has 0 radical (unpaired) electrons. The molecule has 4 heterocycles. The number of carbonyl (C=O) groups excluding carboxylic acids is 1. The molecule has 0 spiro atoms. The standard InChI is InChI=1S/C21H21N7O3/c29-21(25-15-4-5-17-18(11-15)31-14-30-17)26-16-12-23-20(24-13-16)28-9-7-27(8-10-28)19-3-1-2-6-22-19/h1-6,11-13H,7-10,14H2,(H2,25,26,29). The zero-order valence-corrected chi connectivity index (χ0v) is 16.7. The number of hydrogen-bond acceptors (Lipinski definition) is 8. The first-order chi connectivity index (χ1) is 15.2. The zero-order valence-electron chi connectivity index (χ0n) is 16.7. The Balaban J connectivity index is 1.15. The highest BCUT2D eigenvalue weighted by atomic mass is 16.7. The van der Waals surface area contributed by atoms with Gasteiger partial charge in [-0.3, -0.25) is 0 Å². The van der Waals surface area contributed by atoms with Crippen LogP contribution < -0.4 is 29.9 Å². The molecular formula is C21H21N7O3. The molecule has 1 saturated heterocycles. The van der Waals surface area contributed by atoms with Gasteiger partial charge in [-0.25, -0.2) is 19.7 Å². The zero-order chi connectivity index (χ0) is 21.0. The molecule has 158 valence electrons. The van der Waals surface area contributed by atoms with E-state index >= 15 is 0 Å². The molecule has 1 aromatic carbocycles. The highest BCUT2D eigenvalue weighted by molar-refractivity contribution is 5.99. The van der Waals surface area contributed by atoms with Gasteiger partial charge < -0.3 is 29.9 Å². The van der Waals surface area contributed by atoms with Crippen molar-refractivity contribution in [3.63, 3.8) is 0 Å². The molecule has 31 heavy (non-hydrogen) atoms. The Morgan fingerprint density at radius 3 is 2.35 bits per heavy atom. The molecule has 3 aromatic rings. The molecule has 2 N–H and O–H groups in total. The van der Waals surface area contributed by atoms with E-state index in [9.17, 15) is 4.79 Å². The SMILES string of the molecule is O=C(Nc1cnc(N2CCN(c3ccccn3)CC2)nc1)Nc1ccc2c(c1)OCO2. The number of aromatic nitrogens is 3. The summed E-state index contributed by atoms with van der Waals surface area (Å²) >= 11 is 0. The number of ether oxygens (including phenoxy) is 2. The van der Waals surface area contributed by atoms with Crippen LogP contribution in [0.4, 0.5) is 27.9 Å². The highest BCUT2D eigenvalue weighted by Gasteiger charge is 2.20. The second-order valence-electron chi connectivity index (χ2n) is 7.08. The summed E-state index contributed by atoms with van der Waals surface area (Å²) in [4.78, 5) is 29.9. The number of nitrogens with one attached hydrogen (secondary N) is 2. The quantitative estimate of drug-likeness (QED) is 0.665. The predicted octanol–water partition coefficient (Wildman–Crippen LogP) is 2.57. The Morgan fingerprint density at radius 1 is 0.839 bits per heavy atom. The van der Waals surface area contributed by atoms with Crippen LogP contribution >= 0.6 is 0 Å². The van der Waals surface area contributed by atoms with Crippen LogP contribution in [0.15, 0.2) is 55.0 Å². The van der Waals surface area contributed by atoms with Crippen molar-refractivity contribution in [3.05, 3.63) is 55.0 Å². The van der Waals surface area contributed by atoms with Crippen LogP contribution in [0.5, 0.6) is 11.5 Å². The van der Waals surface area contributed by atoms with Crippen molar-refractivity contribution in [2.75, 3.05) is 53.4 Å². The van der Waals surface area contributed by atoms with Crippen molar-refractivity contribution in [1.29, 1.82) is 0 Å². The van der Waals surface area contributed by atoms with E-state index in [0.29, 0.717) is 28.8 Å². The summed E-state index contributed by atoms with van der Waals surface area (Å²) in [6, 6.07) is 10.7. The minimum Gasteiger partial charge on any atom is -0.454 e. The van der Waals surface area contributed by atoms with Gasteiger partial charge >= 0.3 is 6.03 Å². The number of rotatable bonds is 4. The molecule has 10 nitrogen and oxygen atoms in total. The third kappa shape index (κ3) is 4.27. The lowest BCUT2D eigenvalue weighted by Crippen LogP contribution is -2.47. The summed E-state index contributed by atoms with van der Waals surface area (Å²) in [6.45, 7) is 3.48. The summed E-state index contributed by atoms with van der Waals surface area (Å²) in [5.41, 5.74) is 1.11. The Hall–Kier alpha value is -4.08. The fourth-order valence-corrected chi connectivity index (χ4v) is 3.49. The van der Waals surface area contributed by atoms with Gasteiger partial charge in [0.05, 0.1) is 18.1 Å². The van der Waals surface area contributed by atoms with E-state index in [0.717, 1.165) is 32.0 Å². The second kappa shape index (κ2) is 8.34. The average molecular weight is 419 g/mol. The highest BCUT2D eigenvalue weighted by Crippen LogP contribution is 2.34. The van der Waals surface area contributed by atoms with Crippen molar-refractivity contribution in [1.82, 2.24) is 15.0 Å². The minimum absolute atomic E-state index is 0.187. The minimum atomic E-state index is -0.390. The van der Waals surface area contributed by atoms with Gasteiger partial charge in [-0.2, -0.15) is 0 Å². The van der Waals surface area contributed by atoms with E-state index in [2.05, 4.69) is 35.4 Å². The van der Waals surface area contributed by atoms with Crippen molar-refractivity contribution in [3.8, 4) is 11.5 Å². The van der Waals surface area contributed by atoms with E-state index < -0.39 is 0 Å². The first kappa shape index (κ1) is 18.9. The predicted molar refractivity (Wildman–Crippen MR) is 116 cm³/mol. The third-order valence-electron chi connectivity index (χ3n) is 5.06. The Bertz CT molecular complexity index is 1050. The lowest BCUT2D eigenvalue weighted by Gasteiger charge is -2.35. The lowest BCUT2D eigenvalue weighted by atomic mass is 10.3. The van der Waals surface area contributed by atoms with Crippen molar-refractivity contribution in [2.45, 2.75) is 0 Å². The Labute approximate surface area is 178 Å². The van der Waals surface area contributed by atoms with Gasteiger partial charge in [-0.05, 0) is 24.3 Å². The number of benzene rings is 1. The van der Waals surface area contributed by atoms with Gasteiger partial charge in [0.25, 0.3) is 0 Å². The van der Waals surface area contributed by atoms with E-state index in [4.69, 9.17) is 9.47 Å². The molecule has 2 aliphatic rings. The average Bonchev–Trinajstić information content (AvgIpc) is 3.28. The molecule has 10 heteroatoms. The second-order valence-corrected chi connectivity index (χ2v) is 7.08. The Kier molecular flexibility index (Phi) is 5.09. The first-order valence-electron chi connectivity index (χ1n) is 9.95. The normalized spacial score (nSPS) is 15.0. The van der Waals surface area contributed by atoms with Crippen LogP contribution in [-0.2, 0) is 0 Å². The van der Waals surface area contributed by atoms with Gasteiger partial charge in [0.2, 0.25) is 12.7 Å². The molecule has 0 bridgehead atoms. The number of fused-ring (bicyclic) bond motifs is 1. The van der Waals surface area contributed by atoms with Gasteiger partial charge in [-0.15, -0.1) is 0 Å². The van der Waals surface area contributed by atoms with Crippen LogP contribution in [0.3, 0.4) is 0 Å². The molecule has 0 atom stereocenters. The number of urea groups is 1. The molecule has 0 unspecified atom stereocenters. The molecular weight excluding hydrogens is 398 g/mol. The number of hydrogen-bond donors (Lipinski definition) is 2. The number of pyridine rings is 1. The molecule has 0 saturated carbocycles. The van der Waals surface area contributed by atoms with Crippen LogP contribution in [0, 0.1) is 0 Å². The summed E-state index contributed by atoms with van der Waals surface area (Å²) in [6.07, 6.45) is 5.01. The monoisotopic (exact) mass is 419 g/mol. The summed E-state index contributed by atoms with van der Waals surface area (Å²) in [5, 5.41) is 5.49. The largest absolute Gasteiger partial charge is 0.454 e. The topological polar surface area (TPSA) is 105 Å². The lowest BCUT2D eigenvalue weighted by molar-refractivity contribution is 0.174. The number of amides is 2. The van der Waals surface area contributed by atoms with Crippen LogP contribution in [0.25, 0.3) is 0 Å². The van der Waals surface area contributed by atoms with E-state index in [-0.39, 0.29) is 12.8 Å². The number of carbonyl (C=O) groups is 1. The van der Waals surface area contributed by atoms with Crippen molar-refractivity contribution >= 4 is 29.2 Å². The van der Waals surface area contributed by atoms with E-state index in [1.807, 2.05) is 18.2 Å². The maximum Gasteiger partial charge on any atom is 0.323 e. The molecule has 2 aliphatic heterocycles. The molecule has 2 aromatic heterocycles. The van der Waals surface area contributed by atoms with Gasteiger partial charge in [0.15, 0.2) is 11.5 Å². The van der Waals surface area contributed by atoms with Crippen molar-refractivity contribution < 1.29 is 14.3 Å². The number of anilines is 4. The van der Waals surface area contributed by atoms with Crippen LogP contribution in [0.2, 0.25) is 0 Å². The van der Waals surface area contributed by atoms with Gasteiger partial charge in [0.1, 0.15) is 5.82 Å². The first-order valence-corrected chi connectivity index (χ1v) is 9.95. The Morgan fingerprint density at radius 2 is 1.58 bits per heavy atom. The van der Waals surface area contributed by atoms with Gasteiger partial charge in [0, 0.05) is 44.1 Å². The van der Waals surface area contributed by atoms with E-state index in [1.165, 1.54) is 0 Å². The molecule has 2 amide bonds. The van der Waals surface area contributed by atoms with Crippen LogP contribution in [-0.4, -0.2) is 54.0 Å². The maximum absolute atomic E-state index is 12.3. The van der Waals surface area contributed by atoms with E-state index in [1.54, 1.807) is 36.8 Å². The maximum atomic E-state index is 12.3. The van der Waals surface area contributed by atoms with Crippen LogP contribution in [0.1, 0.15) is 0 Å². The fraction of sp³-hybridized carbons (Fsp3) is 0.238. The molecule has 5 rings (SSSR count). The summed E-state index contributed by atoms with van der Waals surface area (Å²) in [7, 11) is 0. The van der Waals surface area contributed by atoms with Crippen molar-refractivity contribution in [2.24, 2.45) is 0 Å². The summed E-state index contributed by atoms with van der Waals surface area (Å²) < 4.78 is 10.6. The summed E-state index contributed by atoms with van der Waals surface area (Å²) in [5.74, 6) is 2.89. The fourth-order valence-electron chi connectivity index (χ4n) is 3.49. The smallest absolute Gasteiger partial charge is 0.323 e. The molecule has 0 aliphatic carbocycles.